The molecule has 2 aromatic rings. The van der Waals surface area contributed by atoms with E-state index < -0.39 is 5.79 Å². The summed E-state index contributed by atoms with van der Waals surface area (Å²) < 4.78 is 11.2. The second-order valence-electron chi connectivity index (χ2n) is 8.64. The number of rotatable bonds is 10. The number of carbonyl (C=O) groups is 2. The van der Waals surface area contributed by atoms with Crippen molar-refractivity contribution in [1.29, 1.82) is 0 Å². The van der Waals surface area contributed by atoms with Gasteiger partial charge in [-0.3, -0.25) is 9.59 Å². The molecule has 0 bridgehead atoms. The summed E-state index contributed by atoms with van der Waals surface area (Å²) in [7, 11) is 0. The number of benzene rings is 2. The van der Waals surface area contributed by atoms with Crippen molar-refractivity contribution in [2.45, 2.75) is 51.7 Å². The van der Waals surface area contributed by atoms with E-state index in [1.165, 1.54) is 0 Å². The Labute approximate surface area is 194 Å². The molecule has 2 aromatic carbocycles. The van der Waals surface area contributed by atoms with Crippen LogP contribution in [0.4, 0.5) is 0 Å². The van der Waals surface area contributed by atoms with Crippen molar-refractivity contribution >= 4 is 11.8 Å². The highest BCUT2D eigenvalue weighted by Crippen LogP contribution is 2.19. The van der Waals surface area contributed by atoms with Gasteiger partial charge in [-0.25, -0.2) is 0 Å². The molecule has 3 rings (SSSR count). The topological polar surface area (TPSA) is 114 Å². The van der Waals surface area contributed by atoms with E-state index in [-0.39, 0.29) is 30.9 Å². The molecule has 2 amide bonds. The second kappa shape index (κ2) is 11.3. The van der Waals surface area contributed by atoms with Gasteiger partial charge in [-0.2, -0.15) is 0 Å². The van der Waals surface area contributed by atoms with E-state index >= 15 is 0 Å². The molecule has 1 heterocycles. The molecule has 8 nitrogen and oxygen atoms in total. The van der Waals surface area contributed by atoms with Crippen LogP contribution in [0.3, 0.4) is 0 Å². The Balaban J connectivity index is 1.37. The molecule has 4 N–H and O–H groups in total. The fourth-order valence-corrected chi connectivity index (χ4v) is 3.65. The highest BCUT2D eigenvalue weighted by Gasteiger charge is 2.30. The third-order valence-corrected chi connectivity index (χ3v) is 5.37. The summed E-state index contributed by atoms with van der Waals surface area (Å²) in [5.74, 6) is -0.664. The van der Waals surface area contributed by atoms with Crippen molar-refractivity contribution in [2.75, 3.05) is 19.7 Å². The van der Waals surface area contributed by atoms with Crippen LogP contribution < -0.4 is 15.8 Å². The quantitative estimate of drug-likeness (QED) is 0.473. The lowest BCUT2D eigenvalue weighted by Gasteiger charge is -2.23. The van der Waals surface area contributed by atoms with E-state index in [0.717, 1.165) is 11.1 Å². The Bertz CT molecular complexity index is 923. The molecule has 1 atom stereocenters. The summed E-state index contributed by atoms with van der Waals surface area (Å²) in [5, 5.41) is 12.6. The Morgan fingerprint density at radius 1 is 1.12 bits per heavy atom. The third-order valence-electron chi connectivity index (χ3n) is 5.37. The number of amides is 2. The molecule has 178 valence electrons. The molecule has 1 aliphatic rings. The first-order valence-corrected chi connectivity index (χ1v) is 11.2. The zero-order chi connectivity index (χ0) is 23.8. The third kappa shape index (κ3) is 7.85. The predicted molar refractivity (Wildman–Crippen MR) is 124 cm³/mol. The Morgan fingerprint density at radius 3 is 2.42 bits per heavy atom. The summed E-state index contributed by atoms with van der Waals surface area (Å²) in [4.78, 5) is 26.4. The zero-order valence-corrected chi connectivity index (χ0v) is 19.3. The molecule has 1 fully saturated rings. The molecule has 0 spiro atoms. The standard InChI is InChI=1S/C25H33N3O5/c1-25(2,31)33-22-11-13-28(17-22)23(29)12-14-32-21-9-5-19(6-10-21)16-27-24(30)20-7-3-18(15-26)4-8-20/h3-10,22,31H,11-17,26H2,1-2H3,(H,27,30)/t22-/m0/s1. The molecule has 33 heavy (non-hydrogen) atoms. The van der Waals surface area contributed by atoms with Crippen LogP contribution in [0.15, 0.2) is 48.5 Å². The number of nitrogens with two attached hydrogens (primary N) is 1. The van der Waals surface area contributed by atoms with Gasteiger partial charge >= 0.3 is 0 Å². The van der Waals surface area contributed by atoms with Crippen LogP contribution in [-0.2, 0) is 22.6 Å². The normalized spacial score (nSPS) is 16.0. The van der Waals surface area contributed by atoms with Gasteiger partial charge in [0, 0.05) is 31.7 Å². The average Bonchev–Trinajstić information content (AvgIpc) is 3.25. The minimum Gasteiger partial charge on any atom is -0.493 e. The van der Waals surface area contributed by atoms with Crippen LogP contribution in [0.5, 0.6) is 5.75 Å². The van der Waals surface area contributed by atoms with Gasteiger partial charge in [0.05, 0.1) is 19.1 Å². The summed E-state index contributed by atoms with van der Waals surface area (Å²) in [5.41, 5.74) is 8.09. The van der Waals surface area contributed by atoms with Gasteiger partial charge < -0.3 is 30.5 Å². The van der Waals surface area contributed by atoms with Gasteiger partial charge in [0.2, 0.25) is 5.91 Å². The predicted octanol–water partition coefficient (Wildman–Crippen LogP) is 2.19. The van der Waals surface area contributed by atoms with Crippen molar-refractivity contribution in [3.8, 4) is 5.75 Å². The Morgan fingerprint density at radius 2 is 1.79 bits per heavy atom. The number of nitrogens with zero attached hydrogens (tertiary/aromatic N) is 1. The summed E-state index contributed by atoms with van der Waals surface area (Å²) in [6, 6.07) is 14.6. The van der Waals surface area contributed by atoms with Gasteiger partial charge in [-0.1, -0.05) is 24.3 Å². The first kappa shape index (κ1) is 24.7. The average molecular weight is 456 g/mol. The van der Waals surface area contributed by atoms with Crippen LogP contribution in [-0.4, -0.2) is 53.4 Å². The van der Waals surface area contributed by atoms with E-state index in [1.807, 2.05) is 36.4 Å². The van der Waals surface area contributed by atoms with Gasteiger partial charge in [-0.05, 0) is 55.7 Å². The number of aliphatic hydroxyl groups is 1. The fraction of sp³-hybridized carbons (Fsp3) is 0.440. The van der Waals surface area contributed by atoms with Crippen LogP contribution in [0, 0.1) is 0 Å². The van der Waals surface area contributed by atoms with Gasteiger partial charge in [0.1, 0.15) is 5.75 Å². The lowest BCUT2D eigenvalue weighted by Crippen LogP contribution is -2.34. The molecule has 8 heteroatoms. The van der Waals surface area contributed by atoms with Crippen LogP contribution >= 0.6 is 0 Å². The van der Waals surface area contributed by atoms with E-state index in [4.69, 9.17) is 15.2 Å². The molecule has 0 saturated carbocycles. The van der Waals surface area contributed by atoms with E-state index in [9.17, 15) is 14.7 Å². The maximum absolute atomic E-state index is 12.4. The second-order valence-corrected chi connectivity index (χ2v) is 8.64. The van der Waals surface area contributed by atoms with Crippen molar-refractivity contribution in [3.63, 3.8) is 0 Å². The Kier molecular flexibility index (Phi) is 8.43. The summed E-state index contributed by atoms with van der Waals surface area (Å²) in [6.45, 7) is 5.41. The molecule has 0 aliphatic carbocycles. The van der Waals surface area contributed by atoms with E-state index in [0.29, 0.717) is 43.9 Å². The molecular formula is C25H33N3O5. The minimum atomic E-state index is -1.20. The number of hydrogen-bond acceptors (Lipinski definition) is 6. The van der Waals surface area contributed by atoms with Gasteiger partial charge in [0.15, 0.2) is 5.79 Å². The smallest absolute Gasteiger partial charge is 0.251 e. The van der Waals surface area contributed by atoms with Crippen molar-refractivity contribution in [3.05, 3.63) is 65.2 Å². The van der Waals surface area contributed by atoms with Crippen molar-refractivity contribution < 1.29 is 24.2 Å². The molecule has 1 saturated heterocycles. The molecule has 0 radical (unpaired) electrons. The van der Waals surface area contributed by atoms with Crippen LogP contribution in [0.1, 0.15) is 48.2 Å². The van der Waals surface area contributed by atoms with E-state index in [1.54, 1.807) is 30.9 Å². The summed E-state index contributed by atoms with van der Waals surface area (Å²) in [6.07, 6.45) is 0.844. The Hall–Kier alpha value is -2.94. The highest BCUT2D eigenvalue weighted by atomic mass is 16.6. The number of nitrogens with one attached hydrogen (secondary N) is 1. The minimum absolute atomic E-state index is 0.00988. The number of carbonyl (C=O) groups excluding carboxylic acids is 2. The van der Waals surface area contributed by atoms with Crippen LogP contribution in [0.2, 0.25) is 0 Å². The van der Waals surface area contributed by atoms with Crippen molar-refractivity contribution in [2.24, 2.45) is 5.73 Å². The lowest BCUT2D eigenvalue weighted by molar-refractivity contribution is -0.202. The molecule has 1 aliphatic heterocycles. The summed E-state index contributed by atoms with van der Waals surface area (Å²) >= 11 is 0. The monoisotopic (exact) mass is 455 g/mol. The molecule has 0 unspecified atom stereocenters. The molecule has 0 aromatic heterocycles. The number of likely N-dealkylation sites (tertiary alicyclic amines) is 1. The lowest BCUT2D eigenvalue weighted by atomic mass is 10.1. The van der Waals surface area contributed by atoms with Crippen molar-refractivity contribution in [1.82, 2.24) is 10.2 Å². The number of hydrogen-bond donors (Lipinski definition) is 3. The first-order valence-electron chi connectivity index (χ1n) is 11.2. The van der Waals surface area contributed by atoms with Gasteiger partial charge in [-0.15, -0.1) is 0 Å². The van der Waals surface area contributed by atoms with Gasteiger partial charge in [0.25, 0.3) is 5.91 Å². The zero-order valence-electron chi connectivity index (χ0n) is 19.3. The largest absolute Gasteiger partial charge is 0.493 e. The first-order chi connectivity index (χ1) is 15.7. The SMILES string of the molecule is CC(C)(O)O[C@H]1CCN(C(=O)CCOc2ccc(CNC(=O)c3ccc(CN)cc3)cc2)C1. The highest BCUT2D eigenvalue weighted by molar-refractivity contribution is 5.94. The number of ether oxygens (including phenoxy) is 2. The fourth-order valence-electron chi connectivity index (χ4n) is 3.65. The van der Waals surface area contributed by atoms with E-state index in [2.05, 4.69) is 5.32 Å². The molecular weight excluding hydrogens is 422 g/mol. The maximum Gasteiger partial charge on any atom is 0.251 e. The maximum atomic E-state index is 12.4. The van der Waals surface area contributed by atoms with Crippen LogP contribution in [0.25, 0.3) is 0 Å².